The van der Waals surface area contributed by atoms with Crippen LogP contribution in [0.25, 0.3) is 0 Å². The number of carbonyl (C=O) groups excluding carboxylic acids is 2. The normalized spacial score (nSPS) is 17.7. The molecule has 42 heavy (non-hydrogen) atoms. The predicted octanol–water partition coefficient (Wildman–Crippen LogP) is 5.39. The minimum atomic E-state index is -4.55. The number of pyridine rings is 2. The minimum absolute atomic E-state index is 0.00221. The molecule has 0 spiro atoms. The Bertz CT molecular complexity index is 1720. The van der Waals surface area contributed by atoms with Crippen LogP contribution in [0.5, 0.6) is 0 Å². The van der Waals surface area contributed by atoms with Gasteiger partial charge in [-0.2, -0.15) is 13.2 Å². The van der Waals surface area contributed by atoms with Crippen LogP contribution in [0, 0.1) is 5.92 Å². The summed E-state index contributed by atoms with van der Waals surface area (Å²) in [7, 11) is 0. The number of rotatable bonds is 5. The monoisotopic (exact) mass is 573 g/mol. The van der Waals surface area contributed by atoms with E-state index in [0.717, 1.165) is 24.2 Å². The zero-order valence-electron chi connectivity index (χ0n) is 22.3. The second-order valence-electron chi connectivity index (χ2n) is 10.6. The number of carbonyl (C=O) groups is 2. The molecule has 4 aromatic rings. The molecule has 2 aromatic heterocycles. The van der Waals surface area contributed by atoms with Gasteiger partial charge in [0, 0.05) is 61.0 Å². The van der Waals surface area contributed by atoms with E-state index in [2.05, 4.69) is 20.5 Å². The molecule has 2 bridgehead atoms. The first-order chi connectivity index (χ1) is 20.2. The second kappa shape index (κ2) is 10.8. The molecule has 0 aliphatic carbocycles. The van der Waals surface area contributed by atoms with Gasteiger partial charge in [0.05, 0.1) is 22.5 Å². The van der Waals surface area contributed by atoms with Crippen LogP contribution < -0.4 is 21.1 Å². The molecule has 2 amide bonds. The molecular weight excluding hydrogens is 547 g/mol. The number of benzene rings is 2. The quantitative estimate of drug-likeness (QED) is 0.334. The molecule has 8 nitrogen and oxygen atoms in total. The van der Waals surface area contributed by atoms with E-state index >= 15 is 0 Å². The van der Waals surface area contributed by atoms with E-state index in [1.54, 1.807) is 42.6 Å². The zero-order chi connectivity index (χ0) is 29.4. The third kappa shape index (κ3) is 5.50. The highest BCUT2D eigenvalue weighted by Gasteiger charge is 2.35. The zero-order valence-corrected chi connectivity index (χ0v) is 22.3. The molecule has 1 fully saturated rings. The Morgan fingerprint density at radius 3 is 2.45 bits per heavy atom. The van der Waals surface area contributed by atoms with Crippen LogP contribution in [0.15, 0.2) is 90.0 Å². The fraction of sp³-hybridized carbons (Fsp3) is 0.226. The van der Waals surface area contributed by atoms with E-state index in [0.29, 0.717) is 36.6 Å². The number of amides is 2. The van der Waals surface area contributed by atoms with Gasteiger partial charge in [-0.3, -0.25) is 19.4 Å². The van der Waals surface area contributed by atoms with Crippen LogP contribution in [0.1, 0.15) is 44.3 Å². The summed E-state index contributed by atoms with van der Waals surface area (Å²) in [6.45, 7) is 1.84. The van der Waals surface area contributed by atoms with Crippen molar-refractivity contribution in [3.05, 3.63) is 118 Å². The highest BCUT2D eigenvalue weighted by atomic mass is 19.4. The van der Waals surface area contributed by atoms with Gasteiger partial charge >= 0.3 is 6.18 Å². The van der Waals surface area contributed by atoms with E-state index < -0.39 is 23.6 Å². The number of hydrogen-bond donors (Lipinski definition) is 2. The maximum atomic E-state index is 13.2. The first kappa shape index (κ1) is 27.3. The number of anilines is 3. The van der Waals surface area contributed by atoms with Crippen molar-refractivity contribution in [3.63, 3.8) is 0 Å². The van der Waals surface area contributed by atoms with Crippen molar-refractivity contribution in [1.82, 2.24) is 9.55 Å². The summed E-state index contributed by atoms with van der Waals surface area (Å²) in [4.78, 5) is 44.9. The van der Waals surface area contributed by atoms with Crippen LogP contribution in [-0.4, -0.2) is 34.5 Å². The molecule has 0 unspecified atom stereocenters. The Morgan fingerprint density at radius 2 is 1.67 bits per heavy atom. The van der Waals surface area contributed by atoms with E-state index in [-0.39, 0.29) is 28.6 Å². The predicted molar refractivity (Wildman–Crippen MR) is 152 cm³/mol. The van der Waals surface area contributed by atoms with Crippen molar-refractivity contribution in [3.8, 4) is 0 Å². The third-order valence-corrected chi connectivity index (χ3v) is 7.70. The van der Waals surface area contributed by atoms with E-state index in [9.17, 15) is 27.6 Å². The molecule has 0 saturated carbocycles. The first-order valence-electron chi connectivity index (χ1n) is 13.4. The van der Waals surface area contributed by atoms with Crippen molar-refractivity contribution >= 4 is 28.9 Å². The van der Waals surface area contributed by atoms with Gasteiger partial charge in [0.15, 0.2) is 0 Å². The van der Waals surface area contributed by atoms with Crippen molar-refractivity contribution in [2.45, 2.75) is 25.1 Å². The highest BCUT2D eigenvalue weighted by molar-refractivity contribution is 6.09. The lowest BCUT2D eigenvalue weighted by atomic mass is 9.83. The van der Waals surface area contributed by atoms with Crippen LogP contribution >= 0.6 is 0 Å². The van der Waals surface area contributed by atoms with Gasteiger partial charge in [-0.25, -0.2) is 0 Å². The molecule has 4 heterocycles. The topological polar surface area (TPSA) is 96.3 Å². The summed E-state index contributed by atoms with van der Waals surface area (Å²) >= 11 is 0. The van der Waals surface area contributed by atoms with Crippen LogP contribution in [-0.2, 0) is 12.7 Å². The van der Waals surface area contributed by atoms with Gasteiger partial charge in [-0.05, 0) is 66.9 Å². The molecule has 1 saturated heterocycles. The number of fused-ring (bicyclic) bond motifs is 4. The molecular formula is C31H26F3N5O3. The molecule has 2 aromatic carbocycles. The summed E-state index contributed by atoms with van der Waals surface area (Å²) in [5.41, 5.74) is 1.64. The van der Waals surface area contributed by atoms with Crippen molar-refractivity contribution in [2.75, 3.05) is 28.6 Å². The number of nitrogens with one attached hydrogen (secondary N) is 2. The largest absolute Gasteiger partial charge is 0.416 e. The Labute approximate surface area is 238 Å². The summed E-state index contributed by atoms with van der Waals surface area (Å²) in [5, 5.41) is 5.42. The molecule has 11 heteroatoms. The number of nitrogens with zero attached hydrogens (tertiary/aromatic N) is 3. The van der Waals surface area contributed by atoms with Gasteiger partial charge < -0.3 is 20.1 Å². The maximum Gasteiger partial charge on any atom is 0.416 e. The van der Waals surface area contributed by atoms with E-state index in [1.165, 1.54) is 24.4 Å². The van der Waals surface area contributed by atoms with E-state index in [1.807, 2.05) is 10.6 Å². The van der Waals surface area contributed by atoms with Crippen molar-refractivity contribution < 1.29 is 22.8 Å². The van der Waals surface area contributed by atoms with Gasteiger partial charge in [0.2, 0.25) is 0 Å². The molecule has 2 N–H and O–H groups in total. The number of aromatic nitrogens is 2. The Balaban J connectivity index is 1.31. The summed E-state index contributed by atoms with van der Waals surface area (Å²) < 4.78 is 41.4. The molecule has 2 aliphatic heterocycles. The van der Waals surface area contributed by atoms with Gasteiger partial charge in [0.25, 0.3) is 17.4 Å². The second-order valence-corrected chi connectivity index (χ2v) is 10.6. The SMILES string of the molecule is O=C(Nc1cccc(C(F)(F)F)c1)c1ccc(N2C[C@H]3C[C@@H](C2)c2cccc(=O)n2C3)c(NC(=O)c2cccnc2)c1. The Hall–Kier alpha value is -4.93. The lowest BCUT2D eigenvalue weighted by molar-refractivity contribution is -0.137. The fourth-order valence-electron chi connectivity index (χ4n) is 5.81. The van der Waals surface area contributed by atoms with Gasteiger partial charge in [0.1, 0.15) is 0 Å². The standard InChI is InChI=1S/C31H26F3N5O3/c32-31(33,34)23-5-1-6-24(14-23)36-29(41)20-9-10-27(25(13-20)37-30(42)21-4-3-11-35-15-21)38-16-19-12-22(18-38)26-7-2-8-28(40)39(26)17-19/h1-11,13-15,19,22H,12,16-18H2,(H,36,41)(H,37,42)/t19-,22+/m1/s1. The summed E-state index contributed by atoms with van der Waals surface area (Å²) in [6, 6.07) is 17.8. The van der Waals surface area contributed by atoms with Crippen LogP contribution in [0.3, 0.4) is 0 Å². The highest BCUT2D eigenvalue weighted by Crippen LogP contribution is 2.39. The first-order valence-corrected chi connectivity index (χ1v) is 13.4. The minimum Gasteiger partial charge on any atom is -0.369 e. The smallest absolute Gasteiger partial charge is 0.369 e. The number of alkyl halides is 3. The van der Waals surface area contributed by atoms with Crippen LogP contribution in [0.4, 0.5) is 30.2 Å². The number of piperidine rings is 1. The molecule has 2 atom stereocenters. The van der Waals surface area contributed by atoms with Crippen molar-refractivity contribution in [1.29, 1.82) is 0 Å². The summed E-state index contributed by atoms with van der Waals surface area (Å²) in [6.07, 6.45) is -0.627. The lowest BCUT2D eigenvalue weighted by Gasteiger charge is -2.44. The molecule has 6 rings (SSSR count). The lowest BCUT2D eigenvalue weighted by Crippen LogP contribution is -2.47. The molecule has 0 radical (unpaired) electrons. The Kier molecular flexibility index (Phi) is 7.01. The van der Waals surface area contributed by atoms with Crippen molar-refractivity contribution in [2.24, 2.45) is 5.92 Å². The van der Waals surface area contributed by atoms with Gasteiger partial charge in [-0.1, -0.05) is 12.1 Å². The molecule has 2 aliphatic rings. The average Bonchev–Trinajstić information content (AvgIpc) is 2.98. The maximum absolute atomic E-state index is 13.2. The average molecular weight is 574 g/mol. The van der Waals surface area contributed by atoms with E-state index in [4.69, 9.17) is 0 Å². The Morgan fingerprint density at radius 1 is 0.857 bits per heavy atom. The van der Waals surface area contributed by atoms with Crippen LogP contribution in [0.2, 0.25) is 0 Å². The fourth-order valence-corrected chi connectivity index (χ4v) is 5.81. The van der Waals surface area contributed by atoms with Gasteiger partial charge in [-0.15, -0.1) is 0 Å². The third-order valence-electron chi connectivity index (χ3n) is 7.70. The summed E-state index contributed by atoms with van der Waals surface area (Å²) in [5.74, 6) is -0.727. The number of halogens is 3. The number of hydrogen-bond acceptors (Lipinski definition) is 5. The molecule has 214 valence electrons.